The van der Waals surface area contributed by atoms with Gasteiger partial charge in [0.15, 0.2) is 0 Å². The van der Waals surface area contributed by atoms with Crippen LogP contribution in [0.4, 0.5) is 39.8 Å². The van der Waals surface area contributed by atoms with Crippen LogP contribution in [0.25, 0.3) is 0 Å². The van der Waals surface area contributed by atoms with Gasteiger partial charge in [-0.2, -0.15) is 30.7 Å². The second-order valence-corrected chi connectivity index (χ2v) is 11.1. The van der Waals surface area contributed by atoms with E-state index in [9.17, 15) is 0 Å². The molecule has 8 nitrogen and oxygen atoms in total. The molecule has 0 amide bonds. The zero-order valence-electron chi connectivity index (χ0n) is 26.5. The molecule has 228 valence electrons. The molecule has 0 aliphatic heterocycles. The Bertz CT molecular complexity index is 1490. The summed E-state index contributed by atoms with van der Waals surface area (Å²) in [4.78, 5) is 2.29. The third-order valence-corrected chi connectivity index (χ3v) is 7.09. The molecule has 0 saturated heterocycles. The van der Waals surface area contributed by atoms with Crippen molar-refractivity contribution in [3.8, 4) is 5.75 Å². The second kappa shape index (κ2) is 16.8. The number of rotatable bonds is 15. The van der Waals surface area contributed by atoms with Crippen LogP contribution in [0.1, 0.15) is 53.9 Å². The van der Waals surface area contributed by atoms with Crippen molar-refractivity contribution in [3.63, 3.8) is 0 Å². The van der Waals surface area contributed by atoms with Crippen molar-refractivity contribution in [2.75, 3.05) is 18.0 Å². The van der Waals surface area contributed by atoms with Gasteiger partial charge in [-0.05, 0) is 137 Å². The van der Waals surface area contributed by atoms with E-state index in [1.807, 2.05) is 84.9 Å². The van der Waals surface area contributed by atoms with E-state index in [0.717, 1.165) is 65.3 Å². The Kier molecular flexibility index (Phi) is 12.3. The van der Waals surface area contributed by atoms with Gasteiger partial charge < -0.3 is 9.64 Å². The van der Waals surface area contributed by atoms with Gasteiger partial charge in [0.2, 0.25) is 0 Å². The quantitative estimate of drug-likeness (QED) is 0.129. The van der Waals surface area contributed by atoms with Crippen LogP contribution in [0.5, 0.6) is 5.75 Å². The molecule has 4 aromatic rings. The number of ether oxygens (including phenoxy) is 1. The monoisotopic (exact) mass is 589 g/mol. The first-order valence-electron chi connectivity index (χ1n) is 15.5. The highest BCUT2D eigenvalue weighted by Gasteiger charge is 2.05. The lowest BCUT2D eigenvalue weighted by molar-refractivity contribution is 0.204. The van der Waals surface area contributed by atoms with Crippen LogP contribution in [-0.4, -0.2) is 19.2 Å². The lowest BCUT2D eigenvalue weighted by Crippen LogP contribution is -2.21. The molecule has 0 spiro atoms. The van der Waals surface area contributed by atoms with Crippen LogP contribution >= 0.6 is 0 Å². The van der Waals surface area contributed by atoms with Crippen molar-refractivity contribution < 1.29 is 4.74 Å². The molecule has 0 N–H and O–H groups in total. The van der Waals surface area contributed by atoms with Gasteiger partial charge in [-0.1, -0.05) is 20.3 Å². The van der Waals surface area contributed by atoms with E-state index >= 15 is 0 Å². The Hall–Kier alpha value is -4.72. The zero-order chi connectivity index (χ0) is 31.1. The van der Waals surface area contributed by atoms with Crippen molar-refractivity contribution in [1.82, 2.24) is 0 Å². The van der Waals surface area contributed by atoms with Gasteiger partial charge in [0, 0.05) is 18.8 Å². The number of anilines is 1. The van der Waals surface area contributed by atoms with E-state index in [1.54, 1.807) is 0 Å². The minimum atomic E-state index is 0.194. The van der Waals surface area contributed by atoms with Crippen LogP contribution in [0, 0.1) is 5.92 Å². The average molecular weight is 590 g/mol. The lowest BCUT2D eigenvalue weighted by atomic mass is 10.0. The molecule has 0 aliphatic rings. The molecule has 0 fully saturated rings. The van der Waals surface area contributed by atoms with E-state index in [4.69, 9.17) is 4.74 Å². The van der Waals surface area contributed by atoms with E-state index in [2.05, 4.69) is 82.3 Å². The highest BCUT2D eigenvalue weighted by atomic mass is 16.5. The Morgan fingerprint density at radius 2 is 0.841 bits per heavy atom. The summed E-state index contributed by atoms with van der Waals surface area (Å²) < 4.78 is 6.03. The maximum Gasteiger partial charge on any atom is 0.119 e. The molecule has 0 heterocycles. The van der Waals surface area contributed by atoms with Crippen molar-refractivity contribution in [2.24, 2.45) is 36.6 Å². The van der Waals surface area contributed by atoms with Crippen molar-refractivity contribution in [3.05, 3.63) is 97.1 Å². The first kappa shape index (κ1) is 32.2. The van der Waals surface area contributed by atoms with Crippen LogP contribution in [-0.2, 0) is 0 Å². The van der Waals surface area contributed by atoms with Crippen molar-refractivity contribution >= 4 is 39.8 Å². The maximum atomic E-state index is 6.03. The number of hydrogen-bond acceptors (Lipinski definition) is 8. The van der Waals surface area contributed by atoms with Gasteiger partial charge in [-0.3, -0.25) is 0 Å². The minimum absolute atomic E-state index is 0.194. The van der Waals surface area contributed by atoms with Crippen LogP contribution in [0.2, 0.25) is 0 Å². The fourth-order valence-electron chi connectivity index (χ4n) is 4.53. The summed E-state index contributed by atoms with van der Waals surface area (Å²) in [6.07, 6.45) is 3.66. The van der Waals surface area contributed by atoms with Gasteiger partial charge in [-0.25, -0.2) is 0 Å². The number of hydrogen-bond donors (Lipinski definition) is 0. The van der Waals surface area contributed by atoms with Gasteiger partial charge >= 0.3 is 0 Å². The summed E-state index contributed by atoms with van der Waals surface area (Å²) in [7, 11) is 0. The normalized spacial score (nSPS) is 12.5. The number of nitrogens with zero attached hydrogens (tertiary/aromatic N) is 7. The zero-order valence-corrected chi connectivity index (χ0v) is 26.5. The summed E-state index contributed by atoms with van der Waals surface area (Å²) in [5, 5.41) is 26.1. The Morgan fingerprint density at radius 1 is 0.500 bits per heavy atom. The molecule has 4 aromatic carbocycles. The van der Waals surface area contributed by atoms with Crippen LogP contribution < -0.4 is 9.64 Å². The van der Waals surface area contributed by atoms with Gasteiger partial charge in [-0.15, -0.1) is 0 Å². The van der Waals surface area contributed by atoms with Gasteiger partial charge in [0.25, 0.3) is 0 Å². The largest absolute Gasteiger partial charge is 0.491 e. The lowest BCUT2D eigenvalue weighted by Gasteiger charge is -2.20. The molecular formula is C36H43N7O. The molecule has 4 rings (SSSR count). The topological polar surface area (TPSA) is 86.6 Å². The Labute approximate surface area is 261 Å². The van der Waals surface area contributed by atoms with Gasteiger partial charge in [0.1, 0.15) is 5.75 Å². The summed E-state index contributed by atoms with van der Waals surface area (Å²) in [5.74, 6) is 1.58. The molecule has 1 unspecified atom stereocenters. The molecule has 0 aliphatic carbocycles. The molecule has 0 aromatic heterocycles. The third-order valence-electron chi connectivity index (χ3n) is 7.09. The highest BCUT2D eigenvalue weighted by Crippen LogP contribution is 2.27. The predicted molar refractivity (Wildman–Crippen MR) is 181 cm³/mol. The average Bonchev–Trinajstić information content (AvgIpc) is 3.04. The molecule has 1 atom stereocenters. The smallest absolute Gasteiger partial charge is 0.119 e. The van der Waals surface area contributed by atoms with Crippen LogP contribution in [0.15, 0.2) is 128 Å². The van der Waals surface area contributed by atoms with Gasteiger partial charge in [0.05, 0.1) is 40.2 Å². The third kappa shape index (κ3) is 10.5. The van der Waals surface area contributed by atoms with Crippen molar-refractivity contribution in [2.45, 2.75) is 60.0 Å². The SMILES string of the molecule is CCN(CC)c1ccc(N=Nc2ccc(N=Nc3ccc(N=Nc4ccc(OC(C)CCCC(C)C)cc4)cc3)cc2)cc1. The van der Waals surface area contributed by atoms with E-state index in [1.165, 1.54) is 18.5 Å². The fourth-order valence-corrected chi connectivity index (χ4v) is 4.53. The summed E-state index contributed by atoms with van der Waals surface area (Å²) in [6.45, 7) is 12.9. The first-order chi connectivity index (χ1) is 21.4. The predicted octanol–water partition coefficient (Wildman–Crippen LogP) is 12.4. The second-order valence-electron chi connectivity index (χ2n) is 11.1. The minimum Gasteiger partial charge on any atom is -0.491 e. The summed E-state index contributed by atoms with van der Waals surface area (Å²) >= 11 is 0. The summed E-state index contributed by atoms with van der Waals surface area (Å²) in [6, 6.07) is 30.8. The maximum absolute atomic E-state index is 6.03. The molecular weight excluding hydrogens is 546 g/mol. The van der Waals surface area contributed by atoms with E-state index in [-0.39, 0.29) is 6.10 Å². The van der Waals surface area contributed by atoms with Crippen LogP contribution in [0.3, 0.4) is 0 Å². The number of benzene rings is 4. The number of azo groups is 3. The Morgan fingerprint density at radius 3 is 1.18 bits per heavy atom. The molecule has 44 heavy (non-hydrogen) atoms. The molecule has 0 bridgehead atoms. The van der Waals surface area contributed by atoms with E-state index < -0.39 is 0 Å². The molecule has 0 saturated carbocycles. The molecule has 0 radical (unpaired) electrons. The van der Waals surface area contributed by atoms with E-state index in [0.29, 0.717) is 0 Å². The highest BCUT2D eigenvalue weighted by molar-refractivity contribution is 5.53. The fraction of sp³-hybridized carbons (Fsp3) is 0.333. The summed E-state index contributed by atoms with van der Waals surface area (Å²) in [5.41, 5.74) is 5.71. The molecule has 8 heteroatoms. The van der Waals surface area contributed by atoms with Crippen molar-refractivity contribution in [1.29, 1.82) is 0 Å². The standard InChI is InChI=1S/C36H43N7O/c1-6-43(7-2)35-23-19-33(20-24-35)41-39-31-15-11-29(12-16-31)37-38-30-13-17-32(18-14-30)40-42-34-21-25-36(26-22-34)44-28(5)10-8-9-27(3)4/h11-28H,6-10H2,1-5H3. The Balaban J connectivity index is 1.25. The first-order valence-corrected chi connectivity index (χ1v) is 15.5.